The van der Waals surface area contributed by atoms with E-state index in [0.29, 0.717) is 12.2 Å². The number of piperazine rings is 1. The number of amides is 1. The topological polar surface area (TPSA) is 61.4 Å². The zero-order valence-corrected chi connectivity index (χ0v) is 19.6. The van der Waals surface area contributed by atoms with Crippen molar-refractivity contribution in [1.29, 1.82) is 0 Å². The molecule has 0 spiro atoms. The summed E-state index contributed by atoms with van der Waals surface area (Å²) in [4.78, 5) is 26.5. The third-order valence-electron chi connectivity index (χ3n) is 6.44. The van der Waals surface area contributed by atoms with Gasteiger partial charge in [-0.15, -0.1) is 0 Å². The third-order valence-corrected chi connectivity index (χ3v) is 6.44. The summed E-state index contributed by atoms with van der Waals surface area (Å²) in [6.07, 6.45) is 1.86. The van der Waals surface area contributed by atoms with Gasteiger partial charge < -0.3 is 15.1 Å². The molecular formula is C29H29N5O. The van der Waals surface area contributed by atoms with E-state index in [4.69, 9.17) is 0 Å². The molecule has 35 heavy (non-hydrogen) atoms. The summed E-state index contributed by atoms with van der Waals surface area (Å²) in [6, 6.07) is 32.7. The number of para-hydroxylation sites is 1. The van der Waals surface area contributed by atoms with Crippen molar-refractivity contribution in [3.05, 3.63) is 115 Å². The Morgan fingerprint density at radius 2 is 1.29 bits per heavy atom. The smallest absolute Gasteiger partial charge is 0.226 e. The fraction of sp³-hybridized carbons (Fsp3) is 0.207. The summed E-state index contributed by atoms with van der Waals surface area (Å²) in [6.45, 7) is 3.57. The number of carbonyl (C=O) groups is 1. The van der Waals surface area contributed by atoms with Crippen LogP contribution in [0.3, 0.4) is 0 Å². The molecule has 0 radical (unpaired) electrons. The van der Waals surface area contributed by atoms with Crippen LogP contribution in [-0.4, -0.2) is 42.1 Å². The molecular weight excluding hydrogens is 434 g/mol. The van der Waals surface area contributed by atoms with E-state index < -0.39 is 0 Å². The van der Waals surface area contributed by atoms with Crippen LogP contribution >= 0.6 is 0 Å². The maximum Gasteiger partial charge on any atom is 0.226 e. The van der Waals surface area contributed by atoms with Gasteiger partial charge in [0.15, 0.2) is 0 Å². The molecule has 1 aromatic heterocycles. The second kappa shape index (κ2) is 10.8. The van der Waals surface area contributed by atoms with Gasteiger partial charge in [0.05, 0.1) is 0 Å². The number of nitrogens with one attached hydrogen (secondary N) is 1. The maximum atomic E-state index is 13.1. The van der Waals surface area contributed by atoms with Crippen LogP contribution in [0.1, 0.15) is 23.5 Å². The maximum absolute atomic E-state index is 13.1. The van der Waals surface area contributed by atoms with Gasteiger partial charge in [-0.1, -0.05) is 78.9 Å². The van der Waals surface area contributed by atoms with Crippen molar-refractivity contribution in [3.63, 3.8) is 0 Å². The van der Waals surface area contributed by atoms with Crippen molar-refractivity contribution in [2.45, 2.75) is 12.3 Å². The van der Waals surface area contributed by atoms with Crippen LogP contribution < -0.4 is 15.1 Å². The Hall–Kier alpha value is -4.19. The lowest BCUT2D eigenvalue weighted by molar-refractivity contribution is -0.116. The molecule has 6 nitrogen and oxygen atoms in total. The number of anilines is 3. The van der Waals surface area contributed by atoms with Crippen molar-refractivity contribution in [2.75, 3.05) is 41.3 Å². The lowest BCUT2D eigenvalue weighted by Crippen LogP contribution is -2.46. The molecule has 6 heteroatoms. The highest BCUT2D eigenvalue weighted by Crippen LogP contribution is 2.28. The molecule has 0 saturated carbocycles. The van der Waals surface area contributed by atoms with Crippen LogP contribution in [0.15, 0.2) is 103 Å². The van der Waals surface area contributed by atoms with E-state index in [9.17, 15) is 4.79 Å². The molecule has 2 heterocycles. The Morgan fingerprint density at radius 3 is 1.89 bits per heavy atom. The third kappa shape index (κ3) is 5.66. The number of nitrogens with zero attached hydrogens (tertiary/aromatic N) is 4. The fourth-order valence-corrected chi connectivity index (χ4v) is 4.60. The Bertz CT molecular complexity index is 1190. The fourth-order valence-electron chi connectivity index (χ4n) is 4.60. The average molecular weight is 464 g/mol. The first-order valence-electron chi connectivity index (χ1n) is 12.0. The number of hydrogen-bond acceptors (Lipinski definition) is 5. The molecule has 0 bridgehead atoms. The van der Waals surface area contributed by atoms with Crippen molar-refractivity contribution in [1.82, 2.24) is 9.97 Å². The summed E-state index contributed by atoms with van der Waals surface area (Å²) in [7, 11) is 0. The van der Waals surface area contributed by atoms with Crippen molar-refractivity contribution >= 4 is 23.2 Å². The van der Waals surface area contributed by atoms with Gasteiger partial charge in [-0.05, 0) is 23.3 Å². The van der Waals surface area contributed by atoms with Gasteiger partial charge in [-0.25, -0.2) is 9.97 Å². The van der Waals surface area contributed by atoms with E-state index in [0.717, 1.165) is 43.1 Å². The number of hydrogen-bond donors (Lipinski definition) is 1. The summed E-state index contributed by atoms with van der Waals surface area (Å²) in [5, 5.41) is 3.00. The molecule has 1 N–H and O–H groups in total. The highest BCUT2D eigenvalue weighted by atomic mass is 16.1. The van der Waals surface area contributed by atoms with E-state index in [1.807, 2.05) is 48.5 Å². The van der Waals surface area contributed by atoms with Crippen molar-refractivity contribution in [2.24, 2.45) is 0 Å². The molecule has 3 aromatic carbocycles. The van der Waals surface area contributed by atoms with Crippen LogP contribution in [-0.2, 0) is 4.79 Å². The second-order valence-electron chi connectivity index (χ2n) is 8.70. The first-order chi connectivity index (χ1) is 17.3. The van der Waals surface area contributed by atoms with Crippen LogP contribution in [0, 0.1) is 0 Å². The predicted octanol–water partition coefficient (Wildman–Crippen LogP) is 4.96. The van der Waals surface area contributed by atoms with E-state index in [1.54, 1.807) is 0 Å². The molecule has 1 amide bonds. The van der Waals surface area contributed by atoms with Crippen molar-refractivity contribution in [3.8, 4) is 0 Å². The quantitative estimate of drug-likeness (QED) is 0.420. The highest BCUT2D eigenvalue weighted by Gasteiger charge is 2.21. The normalized spacial score (nSPS) is 13.6. The Balaban J connectivity index is 1.24. The number of carbonyl (C=O) groups excluding carboxylic acids is 1. The van der Waals surface area contributed by atoms with Crippen LogP contribution in [0.2, 0.25) is 0 Å². The molecule has 176 valence electrons. The van der Waals surface area contributed by atoms with E-state index in [-0.39, 0.29) is 11.8 Å². The SMILES string of the molecule is O=C(CC(c1ccccc1)c1ccccc1)Nc1cc(N2CCN(c3ccccc3)CC2)ncn1. The minimum Gasteiger partial charge on any atom is -0.368 e. The molecule has 5 rings (SSSR count). The highest BCUT2D eigenvalue weighted by molar-refractivity contribution is 5.91. The van der Waals surface area contributed by atoms with Crippen LogP contribution in [0.5, 0.6) is 0 Å². The molecule has 0 unspecified atom stereocenters. The minimum atomic E-state index is -0.0683. The Labute approximate surface area is 206 Å². The summed E-state index contributed by atoms with van der Waals surface area (Å²) in [5.74, 6) is 1.28. The van der Waals surface area contributed by atoms with E-state index in [2.05, 4.69) is 73.6 Å². The Kier molecular flexibility index (Phi) is 6.99. The monoisotopic (exact) mass is 463 g/mol. The number of aromatic nitrogens is 2. The lowest BCUT2D eigenvalue weighted by atomic mass is 9.88. The van der Waals surface area contributed by atoms with Gasteiger partial charge in [-0.2, -0.15) is 0 Å². The summed E-state index contributed by atoms with van der Waals surface area (Å²) < 4.78 is 0. The number of benzene rings is 3. The molecule has 1 fully saturated rings. The zero-order chi connectivity index (χ0) is 23.9. The first kappa shape index (κ1) is 22.6. The van der Waals surface area contributed by atoms with Gasteiger partial charge >= 0.3 is 0 Å². The van der Waals surface area contributed by atoms with Gasteiger partial charge in [0.2, 0.25) is 5.91 Å². The molecule has 4 aromatic rings. The van der Waals surface area contributed by atoms with Crippen LogP contribution in [0.4, 0.5) is 17.3 Å². The van der Waals surface area contributed by atoms with Gasteiger partial charge in [0.1, 0.15) is 18.0 Å². The predicted molar refractivity (Wildman–Crippen MR) is 141 cm³/mol. The first-order valence-corrected chi connectivity index (χ1v) is 12.0. The zero-order valence-electron chi connectivity index (χ0n) is 19.6. The molecule has 1 aliphatic rings. The summed E-state index contributed by atoms with van der Waals surface area (Å²) >= 11 is 0. The molecule has 1 saturated heterocycles. The molecule has 0 atom stereocenters. The largest absolute Gasteiger partial charge is 0.368 e. The van der Waals surface area contributed by atoms with E-state index >= 15 is 0 Å². The minimum absolute atomic E-state index is 0.0234. The Morgan fingerprint density at radius 1 is 0.743 bits per heavy atom. The average Bonchev–Trinajstić information content (AvgIpc) is 2.93. The van der Waals surface area contributed by atoms with Gasteiger partial charge in [0, 0.05) is 50.3 Å². The molecule has 1 aliphatic heterocycles. The second-order valence-corrected chi connectivity index (χ2v) is 8.70. The van der Waals surface area contributed by atoms with Gasteiger partial charge in [0.25, 0.3) is 0 Å². The summed E-state index contributed by atoms with van der Waals surface area (Å²) in [5.41, 5.74) is 3.48. The van der Waals surface area contributed by atoms with Gasteiger partial charge in [-0.3, -0.25) is 4.79 Å². The molecule has 0 aliphatic carbocycles. The van der Waals surface area contributed by atoms with Crippen molar-refractivity contribution < 1.29 is 4.79 Å². The van der Waals surface area contributed by atoms with Crippen LogP contribution in [0.25, 0.3) is 0 Å². The number of rotatable bonds is 7. The lowest BCUT2D eigenvalue weighted by Gasteiger charge is -2.36. The van der Waals surface area contributed by atoms with E-state index in [1.165, 1.54) is 12.0 Å². The standard InChI is InChI=1S/C29H29N5O/c35-29(20-26(23-10-4-1-5-11-23)24-12-6-2-7-13-24)32-27-21-28(31-22-30-27)34-18-16-33(17-19-34)25-14-8-3-9-15-25/h1-15,21-22,26H,16-20H2,(H,30,31,32,35).